The Labute approximate surface area is 107 Å². The lowest BCUT2D eigenvalue weighted by Gasteiger charge is -2.35. The average molecular weight is 252 g/mol. The van der Waals surface area contributed by atoms with Crippen LogP contribution in [0.4, 0.5) is 0 Å². The van der Waals surface area contributed by atoms with E-state index in [2.05, 4.69) is 4.89 Å². The molecule has 100 valence electrons. The zero-order valence-corrected chi connectivity index (χ0v) is 11.2. The Balaban J connectivity index is 3.30. The summed E-state index contributed by atoms with van der Waals surface area (Å²) in [5, 5.41) is 8.97. The lowest BCUT2D eigenvalue weighted by atomic mass is 9.74. The zero-order chi connectivity index (χ0) is 13.8. The van der Waals surface area contributed by atoms with Crippen LogP contribution in [0.5, 0.6) is 0 Å². The third-order valence-corrected chi connectivity index (χ3v) is 3.00. The molecule has 1 aromatic rings. The van der Waals surface area contributed by atoms with Gasteiger partial charge in [-0.05, 0) is 11.0 Å². The Kier molecular flexibility index (Phi) is 5.02. The lowest BCUT2D eigenvalue weighted by Crippen LogP contribution is -2.33. The Morgan fingerprint density at radius 3 is 2.33 bits per heavy atom. The molecule has 18 heavy (non-hydrogen) atoms. The molecule has 0 fully saturated rings. The monoisotopic (exact) mass is 252 g/mol. The Hall–Kier alpha value is -1.23. The molecule has 0 spiro atoms. The number of hydrogen-bond acceptors (Lipinski definition) is 4. The molecule has 0 bridgehead atoms. The van der Waals surface area contributed by atoms with E-state index in [-0.39, 0.29) is 11.3 Å². The maximum atomic E-state index is 11.1. The van der Waals surface area contributed by atoms with Gasteiger partial charge in [0.2, 0.25) is 0 Å². The van der Waals surface area contributed by atoms with Crippen LogP contribution < -0.4 is 0 Å². The molecule has 0 amide bonds. The van der Waals surface area contributed by atoms with E-state index in [1.54, 1.807) is 12.1 Å². The minimum absolute atomic E-state index is 0.234. The highest BCUT2D eigenvalue weighted by molar-refractivity contribution is 5.77. The summed E-state index contributed by atoms with van der Waals surface area (Å²) in [6, 6.07) is 7.25. The van der Waals surface area contributed by atoms with Crippen molar-refractivity contribution in [3.8, 4) is 0 Å². The third-order valence-electron chi connectivity index (χ3n) is 3.00. The van der Waals surface area contributed by atoms with Gasteiger partial charge in [0.1, 0.15) is 6.29 Å². The predicted molar refractivity (Wildman–Crippen MR) is 68.5 cm³/mol. The van der Waals surface area contributed by atoms with Gasteiger partial charge in [0.25, 0.3) is 0 Å². The summed E-state index contributed by atoms with van der Waals surface area (Å²) in [6.07, 6.45) is -0.0101. The van der Waals surface area contributed by atoms with Crippen molar-refractivity contribution in [2.45, 2.75) is 33.0 Å². The second kappa shape index (κ2) is 6.09. The van der Waals surface area contributed by atoms with Crippen molar-refractivity contribution in [1.29, 1.82) is 0 Å². The van der Waals surface area contributed by atoms with Gasteiger partial charge < -0.3 is 4.74 Å². The van der Waals surface area contributed by atoms with Crippen LogP contribution >= 0.6 is 0 Å². The van der Waals surface area contributed by atoms with Crippen molar-refractivity contribution in [2.24, 2.45) is 5.41 Å². The number of aldehydes is 1. The van der Waals surface area contributed by atoms with Crippen molar-refractivity contribution < 1.29 is 19.7 Å². The highest BCUT2D eigenvalue weighted by Gasteiger charge is 2.36. The van der Waals surface area contributed by atoms with Gasteiger partial charge in [0, 0.05) is 18.6 Å². The maximum absolute atomic E-state index is 11.1. The largest absolute Gasteiger partial charge is 0.353 e. The highest BCUT2D eigenvalue weighted by Crippen LogP contribution is 2.40. The molecular formula is C14H20O4. The first-order valence-corrected chi connectivity index (χ1v) is 5.82. The molecule has 0 saturated heterocycles. The molecule has 0 aliphatic rings. The van der Waals surface area contributed by atoms with Gasteiger partial charge in [-0.15, -0.1) is 0 Å². The van der Waals surface area contributed by atoms with Gasteiger partial charge in [0.05, 0.1) is 0 Å². The number of rotatable bonds is 5. The van der Waals surface area contributed by atoms with Gasteiger partial charge in [-0.25, -0.2) is 10.1 Å². The number of hydrogen-bond donors (Lipinski definition) is 1. The van der Waals surface area contributed by atoms with Crippen molar-refractivity contribution >= 4 is 6.29 Å². The van der Waals surface area contributed by atoms with Gasteiger partial charge in [-0.1, -0.05) is 45.0 Å². The second-order valence-electron chi connectivity index (χ2n) is 5.30. The first-order chi connectivity index (χ1) is 8.45. The normalized spacial score (nSPS) is 15.2. The van der Waals surface area contributed by atoms with Gasteiger partial charge in [-0.3, -0.25) is 4.79 Å². The van der Waals surface area contributed by atoms with Crippen LogP contribution in [0.25, 0.3) is 0 Å². The van der Waals surface area contributed by atoms with Crippen molar-refractivity contribution in [3.63, 3.8) is 0 Å². The van der Waals surface area contributed by atoms with Crippen molar-refractivity contribution in [1.82, 2.24) is 0 Å². The molecule has 0 heterocycles. The van der Waals surface area contributed by atoms with E-state index in [1.165, 1.54) is 7.11 Å². The standard InChI is InChI=1S/C14H20O4/c1-14(2,3)12(13(17-4)18-16)11-8-6-5-7-10(11)9-15/h5-9,12-13,16H,1-4H3. The highest BCUT2D eigenvalue weighted by atomic mass is 17.1. The van der Waals surface area contributed by atoms with Crippen LogP contribution in [0.2, 0.25) is 0 Å². The van der Waals surface area contributed by atoms with Crippen molar-refractivity contribution in [3.05, 3.63) is 35.4 Å². The first kappa shape index (κ1) is 14.8. The SMILES string of the molecule is COC(OO)C(c1ccccc1C=O)C(C)(C)C. The molecule has 0 saturated carbocycles. The fourth-order valence-electron chi connectivity index (χ4n) is 2.16. The van der Waals surface area contributed by atoms with Crippen LogP contribution in [0.1, 0.15) is 42.6 Å². The minimum Gasteiger partial charge on any atom is -0.353 e. The number of methoxy groups -OCH3 is 1. The summed E-state index contributed by atoms with van der Waals surface area (Å²) in [7, 11) is 1.46. The average Bonchev–Trinajstić information content (AvgIpc) is 2.34. The van der Waals surface area contributed by atoms with Crippen LogP contribution in [0.3, 0.4) is 0 Å². The number of benzene rings is 1. The van der Waals surface area contributed by atoms with E-state index in [0.717, 1.165) is 11.8 Å². The van der Waals surface area contributed by atoms with E-state index in [0.29, 0.717) is 5.56 Å². The molecule has 0 aliphatic heterocycles. The van der Waals surface area contributed by atoms with Crippen LogP contribution in [-0.4, -0.2) is 24.9 Å². The molecular weight excluding hydrogens is 232 g/mol. The van der Waals surface area contributed by atoms with Crippen LogP contribution in [-0.2, 0) is 9.62 Å². The first-order valence-electron chi connectivity index (χ1n) is 5.82. The Morgan fingerprint density at radius 1 is 1.28 bits per heavy atom. The molecule has 0 radical (unpaired) electrons. The molecule has 0 aromatic heterocycles. The van der Waals surface area contributed by atoms with Crippen LogP contribution in [0.15, 0.2) is 24.3 Å². The Morgan fingerprint density at radius 2 is 1.89 bits per heavy atom. The summed E-state index contributed by atoms with van der Waals surface area (Å²) in [5.41, 5.74) is 1.15. The topological polar surface area (TPSA) is 55.8 Å². The van der Waals surface area contributed by atoms with E-state index >= 15 is 0 Å². The molecule has 4 heteroatoms. The summed E-state index contributed by atoms with van der Waals surface area (Å²) in [5.74, 6) is -0.256. The fraction of sp³-hybridized carbons (Fsp3) is 0.500. The zero-order valence-electron chi connectivity index (χ0n) is 11.2. The molecule has 0 aliphatic carbocycles. The van der Waals surface area contributed by atoms with E-state index in [4.69, 9.17) is 9.99 Å². The number of ether oxygens (including phenoxy) is 1. The molecule has 2 unspecified atom stereocenters. The second-order valence-corrected chi connectivity index (χ2v) is 5.30. The van der Waals surface area contributed by atoms with Crippen molar-refractivity contribution in [2.75, 3.05) is 7.11 Å². The number of carbonyl (C=O) groups is 1. The van der Waals surface area contributed by atoms with Gasteiger partial charge in [-0.2, -0.15) is 0 Å². The smallest absolute Gasteiger partial charge is 0.198 e. The minimum atomic E-state index is -0.814. The van der Waals surface area contributed by atoms with Crippen LogP contribution in [0, 0.1) is 5.41 Å². The molecule has 2 atom stereocenters. The summed E-state index contributed by atoms with van der Waals surface area (Å²) < 4.78 is 5.15. The fourth-order valence-corrected chi connectivity index (χ4v) is 2.16. The lowest BCUT2D eigenvalue weighted by molar-refractivity contribution is -0.352. The van der Waals surface area contributed by atoms with E-state index < -0.39 is 6.29 Å². The Bertz CT molecular complexity index is 391. The van der Waals surface area contributed by atoms with Gasteiger partial charge in [0.15, 0.2) is 6.29 Å². The van der Waals surface area contributed by atoms with Gasteiger partial charge >= 0.3 is 0 Å². The van der Waals surface area contributed by atoms with E-state index in [1.807, 2.05) is 32.9 Å². The summed E-state index contributed by atoms with van der Waals surface area (Å²) in [6.45, 7) is 6.01. The quantitative estimate of drug-likeness (QED) is 0.378. The third kappa shape index (κ3) is 3.16. The van der Waals surface area contributed by atoms with E-state index in [9.17, 15) is 4.79 Å². The molecule has 1 rings (SSSR count). The number of carbonyl (C=O) groups excluding carboxylic acids is 1. The summed E-state index contributed by atoms with van der Waals surface area (Å²) in [4.78, 5) is 15.5. The summed E-state index contributed by atoms with van der Waals surface area (Å²) >= 11 is 0. The predicted octanol–water partition coefficient (Wildman–Crippen LogP) is 3.09. The molecule has 1 aromatic carbocycles. The molecule has 4 nitrogen and oxygen atoms in total. The molecule has 1 N–H and O–H groups in total. The maximum Gasteiger partial charge on any atom is 0.198 e.